The second kappa shape index (κ2) is 5.95. The molecule has 0 radical (unpaired) electrons. The SMILES string of the molecule is N#Cc1ccc2c(C3=CCNCC3)cn(-c3ccc(F)cc3)c2c1. The van der Waals surface area contributed by atoms with E-state index in [4.69, 9.17) is 0 Å². The van der Waals surface area contributed by atoms with Crippen molar-refractivity contribution in [3.8, 4) is 11.8 Å². The molecule has 0 atom stereocenters. The third-order valence-electron chi connectivity index (χ3n) is 4.45. The Balaban J connectivity index is 1.96. The van der Waals surface area contributed by atoms with Gasteiger partial charge in [-0.1, -0.05) is 12.1 Å². The lowest BCUT2D eigenvalue weighted by Gasteiger charge is -2.13. The van der Waals surface area contributed by atoms with Gasteiger partial charge in [0, 0.05) is 29.4 Å². The summed E-state index contributed by atoms with van der Waals surface area (Å²) in [6, 6.07) is 14.4. The maximum atomic E-state index is 13.3. The minimum Gasteiger partial charge on any atom is -0.316 e. The van der Waals surface area contributed by atoms with Crippen LogP contribution in [0.25, 0.3) is 22.2 Å². The summed E-state index contributed by atoms with van der Waals surface area (Å²) in [5.41, 5.74) is 4.96. The first kappa shape index (κ1) is 14.7. The molecule has 2 heterocycles. The van der Waals surface area contributed by atoms with Crippen LogP contribution in [0.2, 0.25) is 0 Å². The van der Waals surface area contributed by atoms with Crippen molar-refractivity contribution in [3.63, 3.8) is 0 Å². The predicted molar refractivity (Wildman–Crippen MR) is 93.4 cm³/mol. The normalized spacial score (nSPS) is 14.4. The van der Waals surface area contributed by atoms with Crippen LogP contribution in [0.4, 0.5) is 4.39 Å². The molecule has 2 aromatic carbocycles. The van der Waals surface area contributed by atoms with Crippen LogP contribution in [0, 0.1) is 17.1 Å². The lowest BCUT2D eigenvalue weighted by atomic mass is 9.99. The fourth-order valence-corrected chi connectivity index (χ4v) is 3.23. The maximum Gasteiger partial charge on any atom is 0.123 e. The van der Waals surface area contributed by atoms with E-state index >= 15 is 0 Å². The summed E-state index contributed by atoms with van der Waals surface area (Å²) < 4.78 is 15.3. The summed E-state index contributed by atoms with van der Waals surface area (Å²) in [6.07, 6.45) is 5.28. The molecule has 1 N–H and O–H groups in total. The Morgan fingerprint density at radius 1 is 1.12 bits per heavy atom. The third kappa shape index (κ3) is 2.49. The van der Waals surface area contributed by atoms with Crippen molar-refractivity contribution in [1.82, 2.24) is 9.88 Å². The lowest BCUT2D eigenvalue weighted by molar-refractivity contribution is 0.627. The topological polar surface area (TPSA) is 40.8 Å². The Kier molecular flexibility index (Phi) is 3.64. The number of halogens is 1. The van der Waals surface area contributed by atoms with Crippen molar-refractivity contribution in [3.05, 3.63) is 71.7 Å². The predicted octanol–water partition coefficient (Wildman–Crippen LogP) is 4.02. The molecule has 3 aromatic rings. The molecule has 3 nitrogen and oxygen atoms in total. The van der Waals surface area contributed by atoms with Gasteiger partial charge in [0.1, 0.15) is 5.82 Å². The van der Waals surface area contributed by atoms with Crippen LogP contribution in [0.1, 0.15) is 17.5 Å². The average Bonchev–Trinajstić information content (AvgIpc) is 3.02. The molecule has 0 fully saturated rings. The van der Waals surface area contributed by atoms with E-state index in [2.05, 4.69) is 23.7 Å². The van der Waals surface area contributed by atoms with Crippen molar-refractivity contribution in [2.75, 3.05) is 13.1 Å². The van der Waals surface area contributed by atoms with Gasteiger partial charge in [-0.05, 0) is 54.9 Å². The van der Waals surface area contributed by atoms with E-state index in [9.17, 15) is 9.65 Å². The highest BCUT2D eigenvalue weighted by molar-refractivity contribution is 5.95. The quantitative estimate of drug-likeness (QED) is 0.775. The largest absolute Gasteiger partial charge is 0.316 e. The molecule has 0 saturated carbocycles. The molecular formula is C20H16FN3. The smallest absolute Gasteiger partial charge is 0.123 e. The zero-order valence-corrected chi connectivity index (χ0v) is 13.1. The standard InChI is InChI=1S/C20H16FN3/c21-16-2-4-17(5-3-16)24-13-19(15-7-9-23-10-8-15)18-6-1-14(12-22)11-20(18)24/h1-7,11,13,23H,8-10H2. The molecular weight excluding hydrogens is 301 g/mol. The summed E-state index contributed by atoms with van der Waals surface area (Å²) in [7, 11) is 0. The molecule has 1 aromatic heterocycles. The Bertz CT molecular complexity index is 975. The van der Waals surface area contributed by atoms with E-state index < -0.39 is 0 Å². The van der Waals surface area contributed by atoms with Crippen LogP contribution in [0.3, 0.4) is 0 Å². The number of benzene rings is 2. The molecule has 1 aliphatic rings. The second-order valence-corrected chi connectivity index (χ2v) is 5.92. The van der Waals surface area contributed by atoms with E-state index in [0.717, 1.165) is 36.1 Å². The highest BCUT2D eigenvalue weighted by atomic mass is 19.1. The van der Waals surface area contributed by atoms with Gasteiger partial charge in [-0.15, -0.1) is 0 Å². The first-order chi connectivity index (χ1) is 11.8. The van der Waals surface area contributed by atoms with Crippen LogP contribution < -0.4 is 5.32 Å². The van der Waals surface area contributed by atoms with Gasteiger partial charge >= 0.3 is 0 Å². The zero-order chi connectivity index (χ0) is 16.5. The molecule has 1 aliphatic heterocycles. The molecule has 4 rings (SSSR count). The first-order valence-electron chi connectivity index (χ1n) is 7.97. The van der Waals surface area contributed by atoms with Crippen molar-refractivity contribution in [2.45, 2.75) is 6.42 Å². The van der Waals surface area contributed by atoms with Crippen molar-refractivity contribution < 1.29 is 4.39 Å². The number of hydrogen-bond acceptors (Lipinski definition) is 2. The van der Waals surface area contributed by atoms with Crippen molar-refractivity contribution >= 4 is 16.5 Å². The summed E-state index contributed by atoms with van der Waals surface area (Å²) >= 11 is 0. The lowest BCUT2D eigenvalue weighted by Crippen LogP contribution is -2.19. The van der Waals surface area contributed by atoms with Crippen LogP contribution in [0.15, 0.2) is 54.7 Å². The van der Waals surface area contributed by atoms with Crippen molar-refractivity contribution in [1.29, 1.82) is 5.26 Å². The first-order valence-corrected chi connectivity index (χ1v) is 7.97. The molecule has 118 valence electrons. The third-order valence-corrected chi connectivity index (χ3v) is 4.45. The van der Waals surface area contributed by atoms with E-state index in [1.807, 2.05) is 22.8 Å². The average molecular weight is 317 g/mol. The fraction of sp³-hybridized carbons (Fsp3) is 0.150. The number of nitriles is 1. The number of aromatic nitrogens is 1. The van der Waals surface area contributed by atoms with Gasteiger partial charge in [-0.25, -0.2) is 4.39 Å². The van der Waals surface area contributed by atoms with Crippen molar-refractivity contribution in [2.24, 2.45) is 0 Å². The van der Waals surface area contributed by atoms with Gasteiger partial charge in [0.15, 0.2) is 0 Å². The number of fused-ring (bicyclic) bond motifs is 1. The Hall–Kier alpha value is -2.90. The summed E-state index contributed by atoms with van der Waals surface area (Å²) in [6.45, 7) is 1.83. The number of nitrogens with one attached hydrogen (secondary N) is 1. The summed E-state index contributed by atoms with van der Waals surface area (Å²) in [5, 5.41) is 13.7. The van der Waals surface area contributed by atoms with Gasteiger partial charge in [-0.2, -0.15) is 5.26 Å². The number of hydrogen-bond donors (Lipinski definition) is 1. The molecule has 0 saturated heterocycles. The maximum absolute atomic E-state index is 13.3. The van der Waals surface area contributed by atoms with Gasteiger partial charge in [0.2, 0.25) is 0 Å². The molecule has 0 aliphatic carbocycles. The van der Waals surface area contributed by atoms with Gasteiger partial charge in [0.25, 0.3) is 0 Å². The van der Waals surface area contributed by atoms with Crippen LogP contribution in [0.5, 0.6) is 0 Å². The fourth-order valence-electron chi connectivity index (χ4n) is 3.23. The van der Waals surface area contributed by atoms with E-state index in [1.165, 1.54) is 23.3 Å². The Morgan fingerprint density at radius 2 is 1.96 bits per heavy atom. The summed E-state index contributed by atoms with van der Waals surface area (Å²) in [4.78, 5) is 0. The molecule has 0 spiro atoms. The number of rotatable bonds is 2. The monoisotopic (exact) mass is 317 g/mol. The molecule has 0 bridgehead atoms. The van der Waals surface area contributed by atoms with E-state index in [-0.39, 0.29) is 5.82 Å². The van der Waals surface area contributed by atoms with Gasteiger partial charge in [-0.3, -0.25) is 0 Å². The number of nitrogens with zero attached hydrogens (tertiary/aromatic N) is 2. The molecule has 0 unspecified atom stereocenters. The Morgan fingerprint density at radius 3 is 2.67 bits per heavy atom. The van der Waals surface area contributed by atoms with Crippen LogP contribution in [-0.2, 0) is 0 Å². The molecule has 4 heteroatoms. The minimum atomic E-state index is -0.255. The van der Waals surface area contributed by atoms with Gasteiger partial charge in [0.05, 0.1) is 17.1 Å². The molecule has 24 heavy (non-hydrogen) atoms. The van der Waals surface area contributed by atoms with E-state index in [1.54, 1.807) is 12.1 Å². The van der Waals surface area contributed by atoms with Crippen LogP contribution in [-0.4, -0.2) is 17.7 Å². The molecule has 0 amide bonds. The highest BCUT2D eigenvalue weighted by Gasteiger charge is 2.15. The van der Waals surface area contributed by atoms with E-state index in [0.29, 0.717) is 5.56 Å². The highest BCUT2D eigenvalue weighted by Crippen LogP contribution is 2.32. The second-order valence-electron chi connectivity index (χ2n) is 5.92. The minimum absolute atomic E-state index is 0.255. The van der Waals surface area contributed by atoms with Gasteiger partial charge < -0.3 is 9.88 Å². The van der Waals surface area contributed by atoms with Crippen LogP contribution >= 0.6 is 0 Å². The Labute approximate surface area is 139 Å². The zero-order valence-electron chi connectivity index (χ0n) is 13.1. The summed E-state index contributed by atoms with van der Waals surface area (Å²) in [5.74, 6) is -0.255.